The Bertz CT molecular complexity index is 448. The molecule has 0 aliphatic rings. The molecule has 5 nitrogen and oxygen atoms in total. The van der Waals surface area contributed by atoms with Gasteiger partial charge in [0.25, 0.3) is 0 Å². The van der Waals surface area contributed by atoms with Crippen LogP contribution < -0.4 is 14.8 Å². The average Bonchev–Trinajstić information content (AvgIpc) is 2.33. The van der Waals surface area contributed by atoms with Gasteiger partial charge in [0.05, 0.1) is 19.2 Å². The highest BCUT2D eigenvalue weighted by atomic mass is 19.4. The van der Waals surface area contributed by atoms with Gasteiger partial charge in [0, 0.05) is 0 Å². The lowest BCUT2D eigenvalue weighted by Crippen LogP contribution is -2.26. The molecule has 19 heavy (non-hydrogen) atoms. The third-order valence-electron chi connectivity index (χ3n) is 2.13. The largest absolute Gasteiger partial charge is 0.493 e. The highest BCUT2D eigenvalue weighted by Crippen LogP contribution is 2.36. The molecule has 0 aliphatic heterocycles. The number of carbonyl (C=O) groups is 1. The molecule has 106 valence electrons. The molecule has 1 aromatic rings. The molecular weight excluding hydrogens is 267 g/mol. The van der Waals surface area contributed by atoms with Crippen LogP contribution in [0.4, 0.5) is 18.0 Å². The lowest BCUT2D eigenvalue weighted by molar-refractivity contribution is -0.137. The summed E-state index contributed by atoms with van der Waals surface area (Å²) in [6, 6.07) is 2.81. The van der Waals surface area contributed by atoms with E-state index >= 15 is 0 Å². The van der Waals surface area contributed by atoms with Crippen LogP contribution in [0.3, 0.4) is 0 Å². The van der Waals surface area contributed by atoms with E-state index in [0.717, 1.165) is 18.2 Å². The second kappa shape index (κ2) is 6.17. The third-order valence-corrected chi connectivity index (χ3v) is 2.13. The Morgan fingerprint density at radius 3 is 2.58 bits per heavy atom. The lowest BCUT2D eigenvalue weighted by atomic mass is 10.2. The van der Waals surface area contributed by atoms with Crippen molar-refractivity contribution in [3.8, 4) is 11.5 Å². The number of nitrogens with one attached hydrogen (secondary N) is 1. The summed E-state index contributed by atoms with van der Waals surface area (Å²) in [5.41, 5.74) is -0.847. The summed E-state index contributed by atoms with van der Waals surface area (Å²) in [5, 5.41) is 10.4. The van der Waals surface area contributed by atoms with Crippen molar-refractivity contribution in [2.75, 3.05) is 20.3 Å². The standard InChI is InChI=1S/C11H12F3NO4/c1-18-9-6-7(11(12,13)14)2-3-8(9)19-5-4-15-10(16)17/h2-3,6,15H,4-5H2,1H3,(H,16,17). The van der Waals surface area contributed by atoms with Gasteiger partial charge in [-0.05, 0) is 18.2 Å². The van der Waals surface area contributed by atoms with Crippen molar-refractivity contribution in [2.24, 2.45) is 0 Å². The van der Waals surface area contributed by atoms with Crippen molar-refractivity contribution in [1.29, 1.82) is 0 Å². The van der Waals surface area contributed by atoms with Gasteiger partial charge in [-0.2, -0.15) is 13.2 Å². The van der Waals surface area contributed by atoms with Crippen LogP contribution >= 0.6 is 0 Å². The Morgan fingerprint density at radius 2 is 2.05 bits per heavy atom. The molecule has 0 aliphatic carbocycles. The maximum absolute atomic E-state index is 12.5. The zero-order chi connectivity index (χ0) is 14.5. The number of halogens is 3. The number of ether oxygens (including phenoxy) is 2. The first-order valence-electron chi connectivity index (χ1n) is 5.19. The normalized spacial score (nSPS) is 10.9. The van der Waals surface area contributed by atoms with Crippen LogP contribution in [0.5, 0.6) is 11.5 Å². The highest BCUT2D eigenvalue weighted by Gasteiger charge is 2.31. The van der Waals surface area contributed by atoms with Crippen LogP contribution in [0.1, 0.15) is 5.56 Å². The quantitative estimate of drug-likeness (QED) is 0.812. The molecule has 0 spiro atoms. The maximum Gasteiger partial charge on any atom is 0.416 e. The van der Waals surface area contributed by atoms with E-state index in [0.29, 0.717) is 0 Å². The van der Waals surface area contributed by atoms with Crippen LogP contribution in [-0.4, -0.2) is 31.5 Å². The van der Waals surface area contributed by atoms with Crippen LogP contribution in [-0.2, 0) is 6.18 Å². The van der Waals surface area contributed by atoms with E-state index in [4.69, 9.17) is 14.6 Å². The van der Waals surface area contributed by atoms with Crippen LogP contribution in [0.2, 0.25) is 0 Å². The number of benzene rings is 1. The first-order valence-corrected chi connectivity index (χ1v) is 5.19. The van der Waals surface area contributed by atoms with Gasteiger partial charge in [0.2, 0.25) is 0 Å². The molecule has 0 saturated carbocycles. The molecule has 0 atom stereocenters. The Morgan fingerprint density at radius 1 is 1.37 bits per heavy atom. The molecule has 0 aromatic heterocycles. The first-order chi connectivity index (χ1) is 8.84. The number of methoxy groups -OCH3 is 1. The van der Waals surface area contributed by atoms with E-state index in [1.165, 1.54) is 7.11 Å². The highest BCUT2D eigenvalue weighted by molar-refractivity contribution is 5.64. The van der Waals surface area contributed by atoms with Crippen molar-refractivity contribution in [3.05, 3.63) is 23.8 Å². The molecule has 0 bridgehead atoms. The number of amides is 1. The molecule has 0 unspecified atom stereocenters. The monoisotopic (exact) mass is 279 g/mol. The summed E-state index contributed by atoms with van der Waals surface area (Å²) < 4.78 is 47.3. The van der Waals surface area contributed by atoms with Gasteiger partial charge in [-0.25, -0.2) is 4.79 Å². The fraction of sp³-hybridized carbons (Fsp3) is 0.364. The number of rotatable bonds is 5. The van der Waals surface area contributed by atoms with Gasteiger partial charge in [-0.1, -0.05) is 0 Å². The van der Waals surface area contributed by atoms with Crippen molar-refractivity contribution in [2.45, 2.75) is 6.18 Å². The molecule has 0 heterocycles. The van der Waals surface area contributed by atoms with Crippen LogP contribution in [0, 0.1) is 0 Å². The molecule has 1 amide bonds. The number of hydrogen-bond donors (Lipinski definition) is 2. The first kappa shape index (κ1) is 14.9. The summed E-state index contributed by atoms with van der Waals surface area (Å²) in [5.74, 6) is 0.0489. The van der Waals surface area contributed by atoms with Gasteiger partial charge in [-0.15, -0.1) is 0 Å². The maximum atomic E-state index is 12.5. The number of hydrogen-bond acceptors (Lipinski definition) is 3. The summed E-state index contributed by atoms with van der Waals surface area (Å²) in [4.78, 5) is 10.2. The molecule has 0 saturated heterocycles. The van der Waals surface area contributed by atoms with Gasteiger partial charge in [-0.3, -0.25) is 0 Å². The zero-order valence-electron chi connectivity index (χ0n) is 9.95. The molecule has 1 aromatic carbocycles. The van der Waals surface area contributed by atoms with Gasteiger partial charge < -0.3 is 19.9 Å². The molecule has 8 heteroatoms. The summed E-state index contributed by atoms with van der Waals surface area (Å²) in [6.07, 6.45) is -5.67. The van der Waals surface area contributed by atoms with Crippen LogP contribution in [0.15, 0.2) is 18.2 Å². The SMILES string of the molecule is COc1cc(C(F)(F)F)ccc1OCCNC(=O)O. The second-order valence-electron chi connectivity index (χ2n) is 3.44. The summed E-state index contributed by atoms with van der Waals surface area (Å²) >= 11 is 0. The fourth-order valence-electron chi connectivity index (χ4n) is 1.28. The van der Waals surface area contributed by atoms with Gasteiger partial charge >= 0.3 is 12.3 Å². The van der Waals surface area contributed by atoms with Crippen molar-refractivity contribution in [3.63, 3.8) is 0 Å². The summed E-state index contributed by atoms with van der Waals surface area (Å²) in [6.45, 7) is -0.00641. The average molecular weight is 279 g/mol. The molecule has 2 N–H and O–H groups in total. The minimum Gasteiger partial charge on any atom is -0.493 e. The molecule has 0 radical (unpaired) electrons. The Balaban J connectivity index is 2.71. The number of alkyl halides is 3. The van der Waals surface area contributed by atoms with Crippen molar-refractivity contribution >= 4 is 6.09 Å². The van der Waals surface area contributed by atoms with E-state index in [9.17, 15) is 18.0 Å². The second-order valence-corrected chi connectivity index (χ2v) is 3.44. The van der Waals surface area contributed by atoms with E-state index in [1.54, 1.807) is 0 Å². The zero-order valence-corrected chi connectivity index (χ0v) is 9.95. The molecular formula is C11H12F3NO4. The smallest absolute Gasteiger partial charge is 0.416 e. The fourth-order valence-corrected chi connectivity index (χ4v) is 1.28. The minimum absolute atomic E-state index is 0.0134. The van der Waals surface area contributed by atoms with Gasteiger partial charge in [0.1, 0.15) is 6.61 Å². The van der Waals surface area contributed by atoms with E-state index < -0.39 is 17.8 Å². The van der Waals surface area contributed by atoms with E-state index in [1.807, 2.05) is 0 Å². The topological polar surface area (TPSA) is 67.8 Å². The Labute approximate surface area is 106 Å². The Hall–Kier alpha value is -2.12. The van der Waals surface area contributed by atoms with E-state index in [2.05, 4.69) is 5.32 Å². The lowest BCUT2D eigenvalue weighted by Gasteiger charge is -2.13. The van der Waals surface area contributed by atoms with Crippen molar-refractivity contribution in [1.82, 2.24) is 5.32 Å². The minimum atomic E-state index is -4.46. The Kier molecular flexibility index (Phi) is 4.85. The molecule has 1 rings (SSSR count). The third kappa shape index (κ3) is 4.57. The van der Waals surface area contributed by atoms with Gasteiger partial charge in [0.15, 0.2) is 11.5 Å². The van der Waals surface area contributed by atoms with Crippen molar-refractivity contribution < 1.29 is 32.5 Å². The predicted octanol–water partition coefficient (Wildman–Crippen LogP) is 2.36. The van der Waals surface area contributed by atoms with E-state index in [-0.39, 0.29) is 24.7 Å². The predicted molar refractivity (Wildman–Crippen MR) is 59.5 cm³/mol. The molecule has 0 fully saturated rings. The number of carboxylic acid groups (broad SMARTS) is 1. The van der Waals surface area contributed by atoms with Crippen LogP contribution in [0.25, 0.3) is 0 Å². The summed E-state index contributed by atoms with van der Waals surface area (Å²) in [7, 11) is 1.22.